The zero-order valence-electron chi connectivity index (χ0n) is 10.6. The Morgan fingerprint density at radius 1 is 1.42 bits per heavy atom. The first-order chi connectivity index (χ1) is 9.15. The van der Waals surface area contributed by atoms with E-state index in [0.717, 1.165) is 16.7 Å². The molecule has 2 heterocycles. The summed E-state index contributed by atoms with van der Waals surface area (Å²) < 4.78 is 6.77. The fourth-order valence-electron chi connectivity index (χ4n) is 2.34. The number of benzene rings is 1. The maximum atomic E-state index is 11.8. The Morgan fingerprint density at radius 3 is 2.89 bits per heavy atom. The van der Waals surface area contributed by atoms with Crippen molar-refractivity contribution in [3.05, 3.63) is 39.8 Å². The van der Waals surface area contributed by atoms with Gasteiger partial charge in [0.15, 0.2) is 5.65 Å². The van der Waals surface area contributed by atoms with E-state index >= 15 is 0 Å². The molecule has 0 saturated carbocycles. The highest BCUT2D eigenvalue weighted by Gasteiger charge is 2.12. The van der Waals surface area contributed by atoms with Gasteiger partial charge in [-0.05, 0) is 36.2 Å². The number of nitrogens with one attached hydrogen (secondary N) is 1. The molecule has 2 N–H and O–H groups in total. The molecule has 1 aromatic carbocycles. The molecule has 0 spiro atoms. The molecule has 0 bridgehead atoms. The minimum atomic E-state index is -0.297. The van der Waals surface area contributed by atoms with Crippen LogP contribution in [0.25, 0.3) is 16.6 Å². The molecule has 0 radical (unpaired) electrons. The number of methoxy groups -OCH3 is 1. The Kier molecular flexibility index (Phi) is 2.53. The predicted molar refractivity (Wildman–Crippen MR) is 70.5 cm³/mol. The number of nitrogens with zero attached hydrogens (tertiary/aromatic N) is 2. The summed E-state index contributed by atoms with van der Waals surface area (Å²) in [6.07, 6.45) is 0. The molecule has 19 heavy (non-hydrogen) atoms. The van der Waals surface area contributed by atoms with Crippen LogP contribution in [0.15, 0.2) is 23.0 Å². The second kappa shape index (κ2) is 4.10. The summed E-state index contributed by atoms with van der Waals surface area (Å²) in [5.74, 6) is 0.720. The number of hydrogen-bond acceptors (Lipinski definition) is 4. The first-order valence-electron chi connectivity index (χ1n) is 5.84. The Morgan fingerprint density at radius 2 is 2.21 bits per heavy atom. The van der Waals surface area contributed by atoms with Crippen LogP contribution in [-0.2, 0) is 6.61 Å². The van der Waals surface area contributed by atoms with Crippen molar-refractivity contribution in [2.45, 2.75) is 13.5 Å². The van der Waals surface area contributed by atoms with Gasteiger partial charge in [0.1, 0.15) is 5.75 Å². The average molecular weight is 259 g/mol. The molecule has 3 aromatic rings. The molecule has 0 aliphatic heterocycles. The van der Waals surface area contributed by atoms with Gasteiger partial charge in [-0.3, -0.25) is 0 Å². The average Bonchev–Trinajstić information content (AvgIpc) is 2.78. The lowest BCUT2D eigenvalue weighted by molar-refractivity contribution is 0.283. The van der Waals surface area contributed by atoms with Crippen molar-refractivity contribution >= 4 is 16.6 Å². The highest BCUT2D eigenvalue weighted by molar-refractivity contribution is 5.87. The number of aromatic nitrogens is 3. The number of ether oxygens (including phenoxy) is 1. The molecule has 2 aromatic heterocycles. The number of H-pyrrole nitrogens is 1. The number of hydrogen-bond donors (Lipinski definition) is 2. The summed E-state index contributed by atoms with van der Waals surface area (Å²) in [5.41, 5.74) is 2.53. The van der Waals surface area contributed by atoms with Crippen LogP contribution in [0.2, 0.25) is 0 Å². The molecule has 0 amide bonds. The molecular weight excluding hydrogens is 246 g/mol. The third-order valence-electron chi connectivity index (χ3n) is 3.27. The molecular formula is C13H13N3O3. The Bertz CT molecular complexity index is 832. The Labute approximate surface area is 108 Å². The van der Waals surface area contributed by atoms with Crippen LogP contribution in [0.5, 0.6) is 5.75 Å². The van der Waals surface area contributed by atoms with E-state index in [2.05, 4.69) is 10.2 Å². The fourth-order valence-corrected chi connectivity index (χ4v) is 2.34. The van der Waals surface area contributed by atoms with Gasteiger partial charge in [0.2, 0.25) is 0 Å². The number of aryl methyl sites for hydroxylation is 1. The number of aliphatic hydroxyl groups excluding tert-OH is 1. The van der Waals surface area contributed by atoms with Gasteiger partial charge >= 0.3 is 5.69 Å². The number of rotatable bonds is 2. The van der Waals surface area contributed by atoms with E-state index in [4.69, 9.17) is 4.74 Å². The van der Waals surface area contributed by atoms with Gasteiger partial charge in [-0.1, -0.05) is 0 Å². The Balaban J connectivity index is 2.57. The largest absolute Gasteiger partial charge is 0.496 e. The first-order valence-corrected chi connectivity index (χ1v) is 5.84. The van der Waals surface area contributed by atoms with E-state index in [-0.39, 0.29) is 12.3 Å². The standard InChI is InChI=1S/C13H13N3O3/c1-7-3-10-9(5-11(7)19-2)8(6-17)4-12-14-15-13(18)16(10)12/h3-5,17H,6H2,1-2H3,(H,15,18). The highest BCUT2D eigenvalue weighted by Crippen LogP contribution is 2.28. The number of aliphatic hydroxyl groups is 1. The van der Waals surface area contributed by atoms with Crippen molar-refractivity contribution in [2.24, 2.45) is 0 Å². The second-order valence-corrected chi connectivity index (χ2v) is 4.39. The van der Waals surface area contributed by atoms with Gasteiger partial charge in [0.05, 0.1) is 19.2 Å². The highest BCUT2D eigenvalue weighted by atomic mass is 16.5. The maximum absolute atomic E-state index is 11.8. The van der Waals surface area contributed by atoms with Crippen LogP contribution in [0, 0.1) is 6.92 Å². The summed E-state index contributed by atoms with van der Waals surface area (Å²) in [7, 11) is 1.59. The van der Waals surface area contributed by atoms with Crippen LogP contribution in [-0.4, -0.2) is 26.8 Å². The zero-order chi connectivity index (χ0) is 13.6. The molecule has 98 valence electrons. The smallest absolute Gasteiger partial charge is 0.348 e. The quantitative estimate of drug-likeness (QED) is 0.719. The summed E-state index contributed by atoms with van der Waals surface area (Å²) in [6, 6.07) is 5.38. The van der Waals surface area contributed by atoms with E-state index in [0.29, 0.717) is 16.7 Å². The van der Waals surface area contributed by atoms with Gasteiger partial charge < -0.3 is 9.84 Å². The van der Waals surface area contributed by atoms with E-state index in [9.17, 15) is 9.90 Å². The van der Waals surface area contributed by atoms with Crippen LogP contribution < -0.4 is 10.4 Å². The summed E-state index contributed by atoms with van der Waals surface area (Å²) in [4.78, 5) is 11.8. The van der Waals surface area contributed by atoms with Crippen LogP contribution in [0.1, 0.15) is 11.1 Å². The molecule has 0 atom stereocenters. The van der Waals surface area contributed by atoms with Gasteiger partial charge in [0.25, 0.3) is 0 Å². The van der Waals surface area contributed by atoms with Gasteiger partial charge in [0, 0.05) is 5.39 Å². The van der Waals surface area contributed by atoms with Crippen LogP contribution in [0.4, 0.5) is 0 Å². The van der Waals surface area contributed by atoms with E-state index < -0.39 is 0 Å². The van der Waals surface area contributed by atoms with Crippen molar-refractivity contribution in [2.75, 3.05) is 7.11 Å². The van der Waals surface area contributed by atoms with E-state index in [1.54, 1.807) is 13.2 Å². The lowest BCUT2D eigenvalue weighted by Gasteiger charge is -2.10. The molecule has 0 aliphatic carbocycles. The topological polar surface area (TPSA) is 79.6 Å². The first kappa shape index (κ1) is 11.7. The zero-order valence-corrected chi connectivity index (χ0v) is 10.6. The van der Waals surface area contributed by atoms with Crippen molar-refractivity contribution in [3.8, 4) is 5.75 Å². The lowest BCUT2D eigenvalue weighted by atomic mass is 10.1. The molecule has 3 rings (SSSR count). The van der Waals surface area contributed by atoms with Crippen molar-refractivity contribution in [3.63, 3.8) is 0 Å². The van der Waals surface area contributed by atoms with Crippen molar-refractivity contribution < 1.29 is 9.84 Å². The minimum Gasteiger partial charge on any atom is -0.496 e. The van der Waals surface area contributed by atoms with Gasteiger partial charge in [-0.2, -0.15) is 5.10 Å². The molecule has 0 aliphatic rings. The second-order valence-electron chi connectivity index (χ2n) is 4.39. The fraction of sp³-hybridized carbons (Fsp3) is 0.231. The molecule has 6 nitrogen and oxygen atoms in total. The monoisotopic (exact) mass is 259 g/mol. The van der Waals surface area contributed by atoms with Crippen LogP contribution >= 0.6 is 0 Å². The maximum Gasteiger partial charge on any atom is 0.348 e. The molecule has 0 fully saturated rings. The molecule has 0 saturated heterocycles. The molecule has 6 heteroatoms. The number of pyridine rings is 1. The summed E-state index contributed by atoms with van der Waals surface area (Å²) in [5, 5.41) is 16.6. The third kappa shape index (κ3) is 1.61. The van der Waals surface area contributed by atoms with E-state index in [1.807, 2.05) is 19.1 Å². The van der Waals surface area contributed by atoms with Gasteiger partial charge in [-0.25, -0.2) is 14.3 Å². The lowest BCUT2D eigenvalue weighted by Crippen LogP contribution is -2.11. The minimum absolute atomic E-state index is 0.125. The molecule has 0 unspecified atom stereocenters. The van der Waals surface area contributed by atoms with Gasteiger partial charge in [-0.15, -0.1) is 0 Å². The SMILES string of the molecule is COc1cc2c(CO)cc3n[nH]c(=O)n3c2cc1C. The normalized spacial score (nSPS) is 11.3. The number of fused-ring (bicyclic) bond motifs is 3. The third-order valence-corrected chi connectivity index (χ3v) is 3.27. The summed E-state index contributed by atoms with van der Waals surface area (Å²) in [6.45, 7) is 1.78. The summed E-state index contributed by atoms with van der Waals surface area (Å²) >= 11 is 0. The Hall–Kier alpha value is -2.34. The predicted octanol–water partition coefficient (Wildman–Crippen LogP) is 0.985. The number of aromatic amines is 1. The van der Waals surface area contributed by atoms with Crippen LogP contribution in [0.3, 0.4) is 0 Å². The van der Waals surface area contributed by atoms with Crippen molar-refractivity contribution in [1.82, 2.24) is 14.6 Å². The van der Waals surface area contributed by atoms with E-state index in [1.165, 1.54) is 4.40 Å². The van der Waals surface area contributed by atoms with Crippen molar-refractivity contribution in [1.29, 1.82) is 0 Å².